The van der Waals surface area contributed by atoms with Gasteiger partial charge in [-0.1, -0.05) is 40.2 Å². The molecular weight excluding hydrogens is 502 g/mol. The van der Waals surface area contributed by atoms with Gasteiger partial charge in [0, 0.05) is 42.0 Å². The van der Waals surface area contributed by atoms with Gasteiger partial charge in [-0.15, -0.1) is 0 Å². The lowest BCUT2D eigenvalue weighted by atomic mass is 10.1. The highest BCUT2D eigenvalue weighted by Gasteiger charge is 2.22. The van der Waals surface area contributed by atoms with E-state index < -0.39 is 10.0 Å². The molecule has 0 atom stereocenters. The fourth-order valence-electron chi connectivity index (χ4n) is 3.87. The van der Waals surface area contributed by atoms with E-state index in [-0.39, 0.29) is 10.8 Å². The number of halogens is 1. The molecule has 33 heavy (non-hydrogen) atoms. The molecule has 3 aromatic rings. The summed E-state index contributed by atoms with van der Waals surface area (Å²) < 4.78 is 28.6. The third-order valence-corrected chi connectivity index (χ3v) is 7.77. The lowest BCUT2D eigenvalue weighted by Gasteiger charge is -2.36. The molecule has 1 saturated heterocycles. The second-order valence-corrected chi connectivity index (χ2v) is 10.7. The number of hydrogen-bond donors (Lipinski definition) is 1. The van der Waals surface area contributed by atoms with Crippen LogP contribution in [0.15, 0.2) is 82.2 Å². The highest BCUT2D eigenvalue weighted by molar-refractivity contribution is 9.10. The Labute approximate surface area is 203 Å². The maximum Gasteiger partial charge on any atom is 0.261 e. The normalized spacial score (nSPS) is 14.2. The van der Waals surface area contributed by atoms with Gasteiger partial charge in [-0.3, -0.25) is 9.52 Å². The van der Waals surface area contributed by atoms with Crippen LogP contribution in [0.25, 0.3) is 0 Å². The van der Waals surface area contributed by atoms with Gasteiger partial charge in [0.05, 0.1) is 11.3 Å². The summed E-state index contributed by atoms with van der Waals surface area (Å²) in [5, 5.41) is 0. The van der Waals surface area contributed by atoms with Crippen molar-refractivity contribution in [1.82, 2.24) is 4.90 Å². The van der Waals surface area contributed by atoms with Crippen molar-refractivity contribution < 1.29 is 13.2 Å². The zero-order chi connectivity index (χ0) is 23.4. The minimum Gasteiger partial charge on any atom is -0.368 e. The molecule has 1 N–H and O–H groups in total. The second kappa shape index (κ2) is 9.97. The van der Waals surface area contributed by atoms with Crippen molar-refractivity contribution in [1.29, 1.82) is 0 Å². The molecule has 8 heteroatoms. The smallest absolute Gasteiger partial charge is 0.261 e. The van der Waals surface area contributed by atoms with Crippen molar-refractivity contribution in [3.8, 4) is 0 Å². The molecule has 1 aliphatic heterocycles. The van der Waals surface area contributed by atoms with Crippen LogP contribution in [0, 0.1) is 6.92 Å². The summed E-state index contributed by atoms with van der Waals surface area (Å²) in [6.07, 6.45) is 0.430. The maximum absolute atomic E-state index is 12.7. The van der Waals surface area contributed by atoms with Crippen molar-refractivity contribution >= 4 is 43.2 Å². The highest BCUT2D eigenvalue weighted by Crippen LogP contribution is 2.23. The summed E-state index contributed by atoms with van der Waals surface area (Å²) in [5.74, 6) is 0.154. The molecule has 0 aliphatic carbocycles. The Bertz CT molecular complexity index is 1220. The first-order chi connectivity index (χ1) is 15.8. The number of piperazine rings is 1. The molecule has 6 nitrogen and oxygen atoms in total. The summed E-state index contributed by atoms with van der Waals surface area (Å²) in [6.45, 7) is 4.85. The van der Waals surface area contributed by atoms with Gasteiger partial charge >= 0.3 is 0 Å². The van der Waals surface area contributed by atoms with Crippen LogP contribution in [0.4, 0.5) is 11.4 Å². The SMILES string of the molecule is Cc1ccccc1CC(=O)N1CCN(c2ccc(NS(=O)(=O)c3ccc(Br)cc3)cc2)CC1. The van der Waals surface area contributed by atoms with E-state index in [4.69, 9.17) is 0 Å². The van der Waals surface area contributed by atoms with E-state index in [1.54, 1.807) is 36.4 Å². The number of nitrogens with zero attached hydrogens (tertiary/aromatic N) is 2. The topological polar surface area (TPSA) is 69.7 Å². The van der Waals surface area contributed by atoms with E-state index in [1.807, 2.05) is 48.2 Å². The van der Waals surface area contributed by atoms with Crippen molar-refractivity contribution in [3.63, 3.8) is 0 Å². The minimum atomic E-state index is -3.64. The lowest BCUT2D eigenvalue weighted by Crippen LogP contribution is -2.49. The summed E-state index contributed by atoms with van der Waals surface area (Å²) in [5.41, 5.74) is 3.73. The second-order valence-electron chi connectivity index (χ2n) is 8.08. The monoisotopic (exact) mass is 527 g/mol. The number of anilines is 2. The Morgan fingerprint density at radius 1 is 0.909 bits per heavy atom. The molecule has 1 fully saturated rings. The first-order valence-corrected chi connectivity index (χ1v) is 13.1. The van der Waals surface area contributed by atoms with Crippen LogP contribution in [0.5, 0.6) is 0 Å². The fraction of sp³-hybridized carbons (Fsp3) is 0.240. The molecule has 0 unspecified atom stereocenters. The highest BCUT2D eigenvalue weighted by atomic mass is 79.9. The molecule has 0 aromatic heterocycles. The Balaban J connectivity index is 1.33. The average Bonchev–Trinajstić information content (AvgIpc) is 2.81. The zero-order valence-electron chi connectivity index (χ0n) is 18.4. The van der Waals surface area contributed by atoms with E-state index in [0.717, 1.165) is 34.4 Å². The number of aryl methyl sites for hydroxylation is 1. The summed E-state index contributed by atoms with van der Waals surface area (Å²) in [6, 6.07) is 21.8. The number of amides is 1. The van der Waals surface area contributed by atoms with Crippen molar-refractivity contribution in [2.45, 2.75) is 18.2 Å². The van der Waals surface area contributed by atoms with E-state index in [1.165, 1.54) is 0 Å². The van der Waals surface area contributed by atoms with Gasteiger partial charge in [-0.2, -0.15) is 0 Å². The van der Waals surface area contributed by atoms with E-state index in [9.17, 15) is 13.2 Å². The summed E-state index contributed by atoms with van der Waals surface area (Å²) >= 11 is 3.31. The van der Waals surface area contributed by atoms with Crippen molar-refractivity contribution in [2.75, 3.05) is 35.8 Å². The first kappa shape index (κ1) is 23.3. The molecule has 0 spiro atoms. The van der Waals surface area contributed by atoms with Gasteiger partial charge in [0.2, 0.25) is 5.91 Å². The fourth-order valence-corrected chi connectivity index (χ4v) is 5.19. The van der Waals surface area contributed by atoms with Crippen LogP contribution in [0.1, 0.15) is 11.1 Å². The number of sulfonamides is 1. The van der Waals surface area contributed by atoms with Gasteiger partial charge in [-0.25, -0.2) is 8.42 Å². The Kier molecular flexibility index (Phi) is 7.05. The molecular formula is C25H26BrN3O3S. The number of carbonyl (C=O) groups excluding carboxylic acids is 1. The van der Waals surface area contributed by atoms with Crippen molar-refractivity contribution in [2.24, 2.45) is 0 Å². The molecule has 0 radical (unpaired) electrons. The van der Waals surface area contributed by atoms with Gasteiger partial charge in [0.25, 0.3) is 10.0 Å². The Morgan fingerprint density at radius 3 is 2.18 bits per heavy atom. The average molecular weight is 528 g/mol. The molecule has 4 rings (SSSR count). The van der Waals surface area contributed by atoms with Crippen LogP contribution in [-0.2, 0) is 21.2 Å². The molecule has 0 bridgehead atoms. The number of nitrogens with one attached hydrogen (secondary N) is 1. The number of rotatable bonds is 6. The van der Waals surface area contributed by atoms with Gasteiger partial charge < -0.3 is 9.80 Å². The third kappa shape index (κ3) is 5.75. The van der Waals surface area contributed by atoms with Crippen LogP contribution in [0.2, 0.25) is 0 Å². The number of benzene rings is 3. The number of carbonyl (C=O) groups is 1. The Hall–Kier alpha value is -2.84. The van der Waals surface area contributed by atoms with Gasteiger partial charge in [-0.05, 0) is 66.6 Å². The van der Waals surface area contributed by atoms with E-state index >= 15 is 0 Å². The van der Waals surface area contributed by atoms with Gasteiger partial charge in [0.15, 0.2) is 0 Å². The Morgan fingerprint density at radius 2 is 1.55 bits per heavy atom. The predicted octanol–water partition coefficient (Wildman–Crippen LogP) is 4.45. The molecule has 1 amide bonds. The van der Waals surface area contributed by atoms with E-state index in [2.05, 4.69) is 25.6 Å². The molecule has 0 saturated carbocycles. The zero-order valence-corrected chi connectivity index (χ0v) is 20.8. The maximum atomic E-state index is 12.7. The standard InChI is InChI=1S/C25H26BrN3O3S/c1-19-4-2-3-5-20(19)18-25(30)29-16-14-28(15-17-29)23-10-8-22(9-11-23)27-33(31,32)24-12-6-21(26)7-13-24/h2-13,27H,14-18H2,1H3. The quantitative estimate of drug-likeness (QED) is 0.514. The van der Waals surface area contributed by atoms with Crippen LogP contribution < -0.4 is 9.62 Å². The third-order valence-electron chi connectivity index (χ3n) is 5.84. The van der Waals surface area contributed by atoms with Crippen LogP contribution >= 0.6 is 15.9 Å². The summed E-state index contributed by atoms with van der Waals surface area (Å²) in [4.78, 5) is 17.1. The van der Waals surface area contributed by atoms with E-state index in [0.29, 0.717) is 25.2 Å². The van der Waals surface area contributed by atoms with Crippen molar-refractivity contribution in [3.05, 3.63) is 88.4 Å². The minimum absolute atomic E-state index is 0.154. The van der Waals surface area contributed by atoms with Gasteiger partial charge in [0.1, 0.15) is 0 Å². The van der Waals surface area contributed by atoms with Crippen LogP contribution in [0.3, 0.4) is 0 Å². The molecule has 172 valence electrons. The largest absolute Gasteiger partial charge is 0.368 e. The van der Waals surface area contributed by atoms with Crippen LogP contribution in [-0.4, -0.2) is 45.4 Å². The lowest BCUT2D eigenvalue weighted by molar-refractivity contribution is -0.130. The molecule has 1 aliphatic rings. The molecule has 3 aromatic carbocycles. The first-order valence-electron chi connectivity index (χ1n) is 10.8. The molecule has 1 heterocycles. The summed E-state index contributed by atoms with van der Waals surface area (Å²) in [7, 11) is -3.64. The number of hydrogen-bond acceptors (Lipinski definition) is 4. The predicted molar refractivity (Wildman–Crippen MR) is 135 cm³/mol.